The molecule has 0 bridgehead atoms. The molecule has 7 nitrogen and oxygen atoms in total. The van der Waals surface area contributed by atoms with Crippen molar-refractivity contribution in [3.63, 3.8) is 0 Å². The summed E-state index contributed by atoms with van der Waals surface area (Å²) in [4.78, 5) is 35.2. The quantitative estimate of drug-likeness (QED) is 0.486. The molecule has 2 aliphatic carbocycles. The second kappa shape index (κ2) is 10.7. The lowest BCUT2D eigenvalue weighted by Crippen LogP contribution is -2.35. The van der Waals surface area contributed by atoms with E-state index in [2.05, 4.69) is 34.9 Å². The molecule has 4 rings (SSSR count). The lowest BCUT2D eigenvalue weighted by atomic mass is 9.98. The van der Waals surface area contributed by atoms with Gasteiger partial charge in [-0.25, -0.2) is 4.79 Å². The number of thioether (sulfide) groups is 1. The molecule has 1 saturated carbocycles. The van der Waals surface area contributed by atoms with E-state index in [-0.39, 0.29) is 36.1 Å². The fraction of sp³-hybridized carbons (Fsp3) is 0.400. The SMILES string of the molecule is O=C(CSCCNC(=O)OCC1c2ccccc2-c2ccccc21)NC1CCC(C(=O)O)C1. The molecule has 0 heterocycles. The second-order valence-corrected chi connectivity index (χ2v) is 9.52. The fourth-order valence-electron chi connectivity index (χ4n) is 4.65. The maximum absolute atomic E-state index is 12.2. The first-order valence-corrected chi connectivity index (χ1v) is 12.4. The van der Waals surface area contributed by atoms with Crippen molar-refractivity contribution in [1.29, 1.82) is 0 Å². The van der Waals surface area contributed by atoms with E-state index in [0.717, 1.165) is 0 Å². The van der Waals surface area contributed by atoms with Crippen molar-refractivity contribution in [2.75, 3.05) is 24.7 Å². The van der Waals surface area contributed by atoms with E-state index >= 15 is 0 Å². The van der Waals surface area contributed by atoms with Crippen LogP contribution in [0.3, 0.4) is 0 Å². The molecule has 0 spiro atoms. The summed E-state index contributed by atoms with van der Waals surface area (Å²) in [7, 11) is 0. The number of amides is 2. The van der Waals surface area contributed by atoms with E-state index in [1.165, 1.54) is 34.0 Å². The predicted molar refractivity (Wildman–Crippen MR) is 127 cm³/mol. The van der Waals surface area contributed by atoms with Crippen LogP contribution in [0.25, 0.3) is 11.1 Å². The number of ether oxygens (including phenoxy) is 1. The van der Waals surface area contributed by atoms with Gasteiger partial charge >= 0.3 is 12.1 Å². The van der Waals surface area contributed by atoms with Gasteiger partial charge in [0.25, 0.3) is 0 Å². The second-order valence-electron chi connectivity index (χ2n) is 8.42. The van der Waals surface area contributed by atoms with E-state index in [1.807, 2.05) is 24.3 Å². The lowest BCUT2D eigenvalue weighted by molar-refractivity contribution is -0.141. The number of alkyl carbamates (subject to hydrolysis) is 1. The van der Waals surface area contributed by atoms with Crippen LogP contribution in [0.4, 0.5) is 4.79 Å². The Morgan fingerprint density at radius 2 is 1.67 bits per heavy atom. The Hall–Kier alpha value is -3.00. The monoisotopic (exact) mass is 468 g/mol. The van der Waals surface area contributed by atoms with E-state index in [1.54, 1.807) is 0 Å². The Bertz CT molecular complexity index is 982. The third-order valence-corrected chi connectivity index (χ3v) is 7.20. The van der Waals surface area contributed by atoms with E-state index < -0.39 is 12.1 Å². The number of aliphatic carboxylic acids is 1. The van der Waals surface area contributed by atoms with Crippen molar-refractivity contribution in [2.45, 2.75) is 31.2 Å². The van der Waals surface area contributed by atoms with Crippen molar-refractivity contribution in [3.8, 4) is 11.1 Å². The maximum Gasteiger partial charge on any atom is 0.407 e. The first-order chi connectivity index (χ1) is 16.0. The summed E-state index contributed by atoms with van der Waals surface area (Å²) in [5.41, 5.74) is 4.72. The molecule has 2 atom stereocenters. The molecule has 2 amide bonds. The highest BCUT2D eigenvalue weighted by Crippen LogP contribution is 2.44. The summed E-state index contributed by atoms with van der Waals surface area (Å²) in [6.07, 6.45) is 1.34. The van der Waals surface area contributed by atoms with Crippen molar-refractivity contribution in [2.24, 2.45) is 5.92 Å². The Morgan fingerprint density at radius 3 is 2.30 bits per heavy atom. The minimum absolute atomic E-state index is 0.0255. The average molecular weight is 469 g/mol. The zero-order valence-corrected chi connectivity index (χ0v) is 19.1. The Labute approximate surface area is 197 Å². The summed E-state index contributed by atoms with van der Waals surface area (Å²) in [6.45, 7) is 0.674. The van der Waals surface area contributed by atoms with Crippen LogP contribution >= 0.6 is 11.8 Å². The molecule has 0 aromatic heterocycles. The number of carbonyl (C=O) groups excluding carboxylic acids is 2. The van der Waals surface area contributed by atoms with Crippen LogP contribution in [-0.4, -0.2) is 53.8 Å². The fourth-order valence-corrected chi connectivity index (χ4v) is 5.31. The van der Waals surface area contributed by atoms with Crippen molar-refractivity contribution < 1.29 is 24.2 Å². The zero-order chi connectivity index (χ0) is 23.2. The van der Waals surface area contributed by atoms with Crippen LogP contribution in [0.5, 0.6) is 0 Å². The van der Waals surface area contributed by atoms with Gasteiger partial charge in [-0.2, -0.15) is 11.8 Å². The van der Waals surface area contributed by atoms with Crippen LogP contribution < -0.4 is 10.6 Å². The smallest absolute Gasteiger partial charge is 0.407 e. The van der Waals surface area contributed by atoms with Gasteiger partial charge in [0.2, 0.25) is 5.91 Å². The number of benzene rings is 2. The molecule has 2 aromatic carbocycles. The van der Waals surface area contributed by atoms with Gasteiger partial charge in [-0.15, -0.1) is 0 Å². The Balaban J connectivity index is 1.13. The summed E-state index contributed by atoms with van der Waals surface area (Å²) >= 11 is 1.42. The van der Waals surface area contributed by atoms with Gasteiger partial charge in [-0.05, 0) is 41.5 Å². The standard InChI is InChI=1S/C25H28N2O5S/c28-23(27-17-10-9-16(13-17)24(29)30)15-33-12-11-26-25(31)32-14-22-20-7-3-1-5-18(20)19-6-2-4-8-21(19)22/h1-8,16-17,22H,9-15H2,(H,26,31)(H,27,28)(H,29,30). The number of hydrogen-bond acceptors (Lipinski definition) is 5. The minimum Gasteiger partial charge on any atom is -0.481 e. The molecule has 8 heteroatoms. The van der Waals surface area contributed by atoms with Gasteiger partial charge in [0.1, 0.15) is 6.61 Å². The molecule has 2 aliphatic rings. The highest BCUT2D eigenvalue weighted by Gasteiger charge is 2.30. The number of rotatable bonds is 9. The van der Waals surface area contributed by atoms with Crippen molar-refractivity contribution in [3.05, 3.63) is 59.7 Å². The highest BCUT2D eigenvalue weighted by atomic mass is 32.2. The number of nitrogens with one attached hydrogen (secondary N) is 2. The van der Waals surface area contributed by atoms with E-state index in [4.69, 9.17) is 9.84 Å². The van der Waals surface area contributed by atoms with Crippen LogP contribution in [0.15, 0.2) is 48.5 Å². The third kappa shape index (κ3) is 5.68. The zero-order valence-electron chi connectivity index (χ0n) is 18.3. The van der Waals surface area contributed by atoms with Gasteiger partial charge in [-0.3, -0.25) is 9.59 Å². The summed E-state index contributed by atoms with van der Waals surface area (Å²) < 4.78 is 5.50. The van der Waals surface area contributed by atoms with Gasteiger partial charge < -0.3 is 20.5 Å². The van der Waals surface area contributed by atoms with Crippen LogP contribution in [0.2, 0.25) is 0 Å². The first kappa shape index (κ1) is 23.2. The van der Waals surface area contributed by atoms with Gasteiger partial charge in [0, 0.05) is 24.3 Å². The molecule has 174 valence electrons. The normalized spacial score (nSPS) is 18.9. The molecule has 2 aromatic rings. The average Bonchev–Trinajstić information content (AvgIpc) is 3.40. The van der Waals surface area contributed by atoms with E-state index in [9.17, 15) is 14.4 Å². The molecule has 0 radical (unpaired) electrons. The number of hydrogen-bond donors (Lipinski definition) is 3. The van der Waals surface area contributed by atoms with Gasteiger partial charge in [0.05, 0.1) is 11.7 Å². The Morgan fingerprint density at radius 1 is 1.00 bits per heavy atom. The van der Waals surface area contributed by atoms with Crippen LogP contribution in [0.1, 0.15) is 36.3 Å². The molecular weight excluding hydrogens is 440 g/mol. The largest absolute Gasteiger partial charge is 0.481 e. The Kier molecular flexibility index (Phi) is 7.54. The van der Waals surface area contributed by atoms with Crippen molar-refractivity contribution in [1.82, 2.24) is 10.6 Å². The molecule has 1 fully saturated rings. The maximum atomic E-state index is 12.2. The number of carboxylic acids is 1. The van der Waals surface area contributed by atoms with Crippen molar-refractivity contribution >= 4 is 29.7 Å². The van der Waals surface area contributed by atoms with Crippen LogP contribution in [0, 0.1) is 5.92 Å². The third-order valence-electron chi connectivity index (χ3n) is 6.24. The summed E-state index contributed by atoms with van der Waals surface area (Å²) in [5, 5.41) is 14.7. The lowest BCUT2D eigenvalue weighted by Gasteiger charge is -2.14. The van der Waals surface area contributed by atoms with E-state index in [0.29, 0.717) is 31.6 Å². The number of carbonyl (C=O) groups is 3. The number of carboxylic acid groups (broad SMARTS) is 1. The van der Waals surface area contributed by atoms with Crippen LogP contribution in [-0.2, 0) is 14.3 Å². The molecule has 0 saturated heterocycles. The summed E-state index contributed by atoms with van der Waals surface area (Å²) in [5.74, 6) is -0.361. The topological polar surface area (TPSA) is 105 Å². The molecule has 33 heavy (non-hydrogen) atoms. The first-order valence-electron chi connectivity index (χ1n) is 11.2. The molecule has 2 unspecified atom stereocenters. The van der Waals surface area contributed by atoms with Gasteiger partial charge in [0.15, 0.2) is 0 Å². The molecule has 0 aliphatic heterocycles. The number of fused-ring (bicyclic) bond motifs is 3. The molecular formula is C25H28N2O5S. The highest BCUT2D eigenvalue weighted by molar-refractivity contribution is 7.99. The predicted octanol–water partition coefficient (Wildman–Crippen LogP) is 3.63. The van der Waals surface area contributed by atoms with Gasteiger partial charge in [-0.1, -0.05) is 48.5 Å². The summed E-state index contributed by atoms with van der Waals surface area (Å²) in [6, 6.07) is 16.3. The minimum atomic E-state index is -0.791. The molecule has 3 N–H and O–H groups in total.